The first-order valence-electron chi connectivity index (χ1n) is 12.5. The Kier molecular flexibility index (Phi) is 5.78. The zero-order valence-electron chi connectivity index (χ0n) is 21.6. The van der Waals surface area contributed by atoms with Crippen molar-refractivity contribution in [1.82, 2.24) is 4.90 Å². The van der Waals surface area contributed by atoms with Crippen LogP contribution in [0.2, 0.25) is 0 Å². The van der Waals surface area contributed by atoms with E-state index in [1.54, 1.807) is 0 Å². The largest absolute Gasteiger partial charge is 0.508 e. The van der Waals surface area contributed by atoms with Gasteiger partial charge < -0.3 is 29.5 Å². The molecule has 3 aromatic carbocycles. The number of carboxylic acids is 1. The van der Waals surface area contributed by atoms with Crippen LogP contribution in [0.4, 0.5) is 0 Å². The molecular weight excluding hydrogens is 554 g/mol. The number of benzene rings is 3. The maximum absolute atomic E-state index is 13.3. The third kappa shape index (κ3) is 3.78. The van der Waals surface area contributed by atoms with Gasteiger partial charge in [0.25, 0.3) is 0 Å². The average Bonchev–Trinajstić information content (AvgIpc) is 3.39. The van der Waals surface area contributed by atoms with Gasteiger partial charge in [0.2, 0.25) is 11.8 Å². The quantitative estimate of drug-likeness (QED) is 0.175. The van der Waals surface area contributed by atoms with E-state index in [0.717, 1.165) is 19.1 Å². The van der Waals surface area contributed by atoms with Gasteiger partial charge in [-0.25, -0.2) is 14.4 Å². The highest BCUT2D eigenvalue weighted by Crippen LogP contribution is 2.57. The van der Waals surface area contributed by atoms with Crippen LogP contribution in [0.1, 0.15) is 57.2 Å². The van der Waals surface area contributed by atoms with Crippen LogP contribution in [0, 0.1) is 0 Å². The van der Waals surface area contributed by atoms with Gasteiger partial charge >= 0.3 is 17.9 Å². The molecule has 6 rings (SSSR count). The molecule has 212 valence electrons. The number of ether oxygens (including phenoxy) is 3. The second kappa shape index (κ2) is 9.16. The predicted molar refractivity (Wildman–Crippen MR) is 136 cm³/mol. The fraction of sp³-hybridized carbons (Fsp3) is 0.172. The van der Waals surface area contributed by atoms with E-state index in [4.69, 9.17) is 14.2 Å². The van der Waals surface area contributed by atoms with Gasteiger partial charge in [0, 0.05) is 41.7 Å². The van der Waals surface area contributed by atoms with Crippen LogP contribution >= 0.6 is 0 Å². The molecule has 1 fully saturated rings. The monoisotopic (exact) mass is 573 g/mol. The lowest BCUT2D eigenvalue weighted by molar-refractivity contribution is -0.156. The average molecular weight is 573 g/mol. The van der Waals surface area contributed by atoms with Gasteiger partial charge in [0.15, 0.2) is 17.4 Å². The van der Waals surface area contributed by atoms with Crippen molar-refractivity contribution >= 4 is 35.5 Å². The number of carboxylic acid groups (broad SMARTS) is 1. The SMILES string of the molecule is CC(=O)C(C(=O)Oc1cc2c(cc1C(=O)O)C1(OC2=O)c2ccc(O)cc2Oc2cc(O)ccc21)N1C(=O)CCC1=O. The van der Waals surface area contributed by atoms with Crippen molar-refractivity contribution in [2.24, 2.45) is 0 Å². The minimum atomic E-state index is -1.95. The number of hydrogen-bond acceptors (Lipinski definition) is 11. The highest BCUT2D eigenvalue weighted by Gasteiger charge is 2.54. The molecule has 0 saturated carbocycles. The number of aromatic hydroxyl groups is 2. The van der Waals surface area contributed by atoms with Crippen LogP contribution in [0.15, 0.2) is 48.5 Å². The summed E-state index contributed by atoms with van der Waals surface area (Å²) in [5.41, 5.74) is -2.10. The lowest BCUT2D eigenvalue weighted by atomic mass is 9.77. The Bertz CT molecular complexity index is 1720. The molecule has 3 aliphatic heterocycles. The number of phenols is 2. The number of aromatic carboxylic acids is 1. The van der Waals surface area contributed by atoms with Crippen LogP contribution < -0.4 is 9.47 Å². The van der Waals surface area contributed by atoms with Gasteiger partial charge in [-0.1, -0.05) is 0 Å². The van der Waals surface area contributed by atoms with E-state index in [-0.39, 0.29) is 58.1 Å². The van der Waals surface area contributed by atoms with Crippen molar-refractivity contribution in [2.45, 2.75) is 31.4 Å². The van der Waals surface area contributed by atoms with Crippen molar-refractivity contribution < 1.29 is 58.3 Å². The van der Waals surface area contributed by atoms with Crippen molar-refractivity contribution in [2.75, 3.05) is 0 Å². The lowest BCUT2D eigenvalue weighted by Gasteiger charge is -2.36. The molecular formula is C29H19NO12. The van der Waals surface area contributed by atoms with Crippen LogP contribution in [0.25, 0.3) is 0 Å². The van der Waals surface area contributed by atoms with E-state index < -0.39 is 58.5 Å². The smallest absolute Gasteiger partial charge is 0.342 e. The molecule has 13 heteroatoms. The van der Waals surface area contributed by atoms with Gasteiger partial charge in [-0.05, 0) is 43.3 Å². The van der Waals surface area contributed by atoms with Crippen molar-refractivity contribution in [1.29, 1.82) is 0 Å². The molecule has 3 aliphatic rings. The Hall–Kier alpha value is -5.72. The summed E-state index contributed by atoms with van der Waals surface area (Å²) >= 11 is 0. The minimum absolute atomic E-state index is 0.0277. The molecule has 42 heavy (non-hydrogen) atoms. The van der Waals surface area contributed by atoms with Crippen LogP contribution in [-0.4, -0.2) is 61.8 Å². The van der Waals surface area contributed by atoms with E-state index >= 15 is 0 Å². The summed E-state index contributed by atoms with van der Waals surface area (Å²) in [5.74, 6) is -7.18. The number of amides is 2. The number of carbonyl (C=O) groups excluding carboxylic acids is 5. The molecule has 3 heterocycles. The van der Waals surface area contributed by atoms with Gasteiger partial charge in [-0.3, -0.25) is 19.3 Å². The molecule has 0 aromatic heterocycles. The number of esters is 2. The second-order valence-electron chi connectivity index (χ2n) is 9.82. The Morgan fingerprint density at radius 2 is 1.45 bits per heavy atom. The van der Waals surface area contributed by atoms with Crippen LogP contribution in [0.3, 0.4) is 0 Å². The lowest BCUT2D eigenvalue weighted by Crippen LogP contribution is -2.50. The third-order valence-electron chi connectivity index (χ3n) is 7.27. The van der Waals surface area contributed by atoms with E-state index in [1.165, 1.54) is 36.4 Å². The molecule has 0 aliphatic carbocycles. The predicted octanol–water partition coefficient (Wildman–Crippen LogP) is 2.38. The van der Waals surface area contributed by atoms with E-state index in [2.05, 4.69) is 0 Å². The van der Waals surface area contributed by atoms with Crippen molar-refractivity contribution in [3.05, 3.63) is 76.3 Å². The number of carbonyl (C=O) groups is 6. The summed E-state index contributed by atoms with van der Waals surface area (Å²) < 4.78 is 17.0. The summed E-state index contributed by atoms with van der Waals surface area (Å²) in [6, 6.07) is 8.09. The number of phenolic OH excluding ortho intramolecular Hbond substituents is 2. The number of nitrogens with zero attached hydrogens (tertiary/aromatic N) is 1. The first-order valence-corrected chi connectivity index (χ1v) is 12.5. The number of Topliss-reactive ketones (excluding diaryl/α,β-unsaturated/α-hetero) is 1. The minimum Gasteiger partial charge on any atom is -0.508 e. The molecule has 13 nitrogen and oxygen atoms in total. The number of ketones is 1. The van der Waals surface area contributed by atoms with E-state index in [1.807, 2.05) is 0 Å². The Labute approximate surface area is 235 Å². The number of imide groups is 1. The standard InChI is InChI=1S/C29H19NO12/c1-12(31)25(30-23(34)6-7-24(30)35)28(39)41-20-11-15-19(10-16(20)26(36)37)29(42-27(15)38)17-4-2-13(32)8-21(17)40-22-9-14(33)3-5-18(22)29/h2-5,8-11,25,32-33H,6-7H2,1H3,(H,36,37). The maximum Gasteiger partial charge on any atom is 0.342 e. The molecule has 1 unspecified atom stereocenters. The fourth-order valence-electron chi connectivity index (χ4n) is 5.48. The molecule has 2 amide bonds. The Balaban J connectivity index is 1.51. The number of fused-ring (bicyclic) bond motifs is 6. The van der Waals surface area contributed by atoms with Crippen LogP contribution in [-0.2, 0) is 29.5 Å². The molecule has 1 atom stereocenters. The highest BCUT2D eigenvalue weighted by atomic mass is 16.6. The first-order chi connectivity index (χ1) is 19.9. The third-order valence-corrected chi connectivity index (χ3v) is 7.27. The molecule has 1 saturated heterocycles. The second-order valence-corrected chi connectivity index (χ2v) is 9.82. The fourth-order valence-corrected chi connectivity index (χ4v) is 5.48. The number of rotatable bonds is 5. The maximum atomic E-state index is 13.3. The molecule has 3 N–H and O–H groups in total. The molecule has 1 spiro atoms. The van der Waals surface area contributed by atoms with E-state index in [9.17, 15) is 44.1 Å². The van der Waals surface area contributed by atoms with Crippen molar-refractivity contribution in [3.63, 3.8) is 0 Å². The normalized spacial score (nSPS) is 16.7. The Morgan fingerprint density at radius 1 is 0.881 bits per heavy atom. The van der Waals surface area contributed by atoms with Crippen molar-refractivity contribution in [3.8, 4) is 28.7 Å². The highest BCUT2D eigenvalue weighted by molar-refractivity contribution is 6.13. The van der Waals surface area contributed by atoms with Gasteiger partial charge in [-0.15, -0.1) is 0 Å². The zero-order valence-corrected chi connectivity index (χ0v) is 21.6. The Morgan fingerprint density at radius 3 is 1.98 bits per heavy atom. The van der Waals surface area contributed by atoms with Gasteiger partial charge in [0.1, 0.15) is 34.3 Å². The number of hydrogen-bond donors (Lipinski definition) is 3. The molecule has 0 bridgehead atoms. The number of likely N-dealkylation sites (tertiary alicyclic amines) is 1. The zero-order chi connectivity index (χ0) is 30.1. The summed E-state index contributed by atoms with van der Waals surface area (Å²) in [7, 11) is 0. The van der Waals surface area contributed by atoms with Gasteiger partial charge in [-0.2, -0.15) is 0 Å². The molecule has 3 aromatic rings. The summed E-state index contributed by atoms with van der Waals surface area (Å²) in [6.45, 7) is 0.975. The van der Waals surface area contributed by atoms with Gasteiger partial charge in [0.05, 0.1) is 5.56 Å². The summed E-state index contributed by atoms with van der Waals surface area (Å²) in [4.78, 5) is 76.1. The topological polar surface area (TPSA) is 194 Å². The van der Waals surface area contributed by atoms with Crippen LogP contribution in [0.5, 0.6) is 28.7 Å². The summed E-state index contributed by atoms with van der Waals surface area (Å²) in [5, 5.41) is 30.2. The first kappa shape index (κ1) is 26.5. The summed E-state index contributed by atoms with van der Waals surface area (Å²) in [6.07, 6.45) is -0.406. The molecule has 0 radical (unpaired) electrons. The van der Waals surface area contributed by atoms with E-state index in [0.29, 0.717) is 4.90 Å².